The van der Waals surface area contributed by atoms with Crippen LogP contribution in [-0.4, -0.2) is 52.9 Å². The van der Waals surface area contributed by atoms with Crippen molar-refractivity contribution in [3.8, 4) is 23.0 Å². The van der Waals surface area contributed by atoms with Gasteiger partial charge in [-0.05, 0) is 30.3 Å². The number of methoxy groups -OCH3 is 2. The molecule has 0 spiro atoms. The van der Waals surface area contributed by atoms with Crippen LogP contribution >= 0.6 is 0 Å². The molecule has 3 heterocycles. The molecule has 2 aliphatic heterocycles. The van der Waals surface area contributed by atoms with E-state index in [1.807, 2.05) is 0 Å². The Kier molecular flexibility index (Phi) is 4.70. The molecule has 1 aromatic heterocycles. The van der Waals surface area contributed by atoms with E-state index in [2.05, 4.69) is 4.98 Å². The van der Waals surface area contributed by atoms with Gasteiger partial charge in [-0.15, -0.1) is 0 Å². The van der Waals surface area contributed by atoms with Gasteiger partial charge in [-0.3, -0.25) is 19.2 Å². The highest BCUT2D eigenvalue weighted by molar-refractivity contribution is 6.28. The van der Waals surface area contributed by atoms with Crippen molar-refractivity contribution in [1.29, 1.82) is 0 Å². The molecule has 0 radical (unpaired) electrons. The summed E-state index contributed by atoms with van der Waals surface area (Å²) in [4.78, 5) is 69.1. The van der Waals surface area contributed by atoms with Gasteiger partial charge in [0.05, 0.1) is 47.4 Å². The maximum Gasteiger partial charge on any atom is 0.347 e. The molecule has 11 nitrogen and oxygen atoms in total. The minimum atomic E-state index is -0.870. The van der Waals surface area contributed by atoms with Crippen LogP contribution in [0.4, 0.5) is 0 Å². The number of carbonyl (C=O) groups excluding carboxylic acids is 4. The number of hydrazine groups is 1. The number of benzene rings is 3. The van der Waals surface area contributed by atoms with Crippen molar-refractivity contribution in [3.05, 3.63) is 87.3 Å². The molecule has 0 fully saturated rings. The first-order valence-electron chi connectivity index (χ1n) is 10.9. The molecule has 3 aromatic carbocycles. The van der Waals surface area contributed by atoms with Crippen LogP contribution in [0.2, 0.25) is 0 Å². The van der Waals surface area contributed by atoms with Crippen molar-refractivity contribution in [3.63, 3.8) is 0 Å². The number of hydrogen-bond acceptors (Lipinski definition) is 9. The van der Waals surface area contributed by atoms with Crippen LogP contribution in [0.5, 0.6) is 11.5 Å². The SMILES string of the molecule is COc1cc2nc(-c3ccc4c(c3)C(=O)N(N3C(=O)c5ccccc5C3=O)C4=O)oc(=O)c2cc1OC. The van der Waals surface area contributed by atoms with Gasteiger partial charge in [-0.2, -0.15) is 10.0 Å². The summed E-state index contributed by atoms with van der Waals surface area (Å²) in [7, 11) is 2.88. The van der Waals surface area contributed by atoms with Gasteiger partial charge >= 0.3 is 5.63 Å². The second-order valence-electron chi connectivity index (χ2n) is 8.18. The Balaban J connectivity index is 1.41. The number of imide groups is 2. The number of carbonyl (C=O) groups is 4. The fraction of sp³-hybridized carbons (Fsp3) is 0.0769. The van der Waals surface area contributed by atoms with Gasteiger partial charge in [0.15, 0.2) is 11.5 Å². The molecule has 4 aromatic rings. The first-order chi connectivity index (χ1) is 17.8. The summed E-state index contributed by atoms with van der Waals surface area (Å²) in [6.45, 7) is 0. The lowest BCUT2D eigenvalue weighted by molar-refractivity contribution is 0.00845. The number of aromatic nitrogens is 1. The molecule has 2 aliphatic rings. The Morgan fingerprint density at radius 1 is 0.676 bits per heavy atom. The quantitative estimate of drug-likeness (QED) is 0.390. The average molecular weight is 497 g/mol. The summed E-state index contributed by atoms with van der Waals surface area (Å²) in [6.07, 6.45) is 0. The van der Waals surface area contributed by atoms with E-state index in [1.54, 1.807) is 12.1 Å². The molecular formula is C26H15N3O8. The van der Waals surface area contributed by atoms with Gasteiger partial charge in [0, 0.05) is 17.7 Å². The van der Waals surface area contributed by atoms with Crippen LogP contribution in [-0.2, 0) is 0 Å². The number of nitrogens with zero attached hydrogens (tertiary/aromatic N) is 3. The second kappa shape index (κ2) is 7.85. The molecule has 0 aliphatic carbocycles. The van der Waals surface area contributed by atoms with Crippen molar-refractivity contribution in [1.82, 2.24) is 15.0 Å². The van der Waals surface area contributed by atoms with E-state index < -0.39 is 29.3 Å². The second-order valence-corrected chi connectivity index (χ2v) is 8.18. The van der Waals surface area contributed by atoms with Crippen molar-refractivity contribution in [2.75, 3.05) is 14.2 Å². The minimum Gasteiger partial charge on any atom is -0.493 e. The maximum atomic E-state index is 13.3. The van der Waals surface area contributed by atoms with E-state index in [0.717, 1.165) is 0 Å². The van der Waals surface area contributed by atoms with Gasteiger partial charge in [-0.25, -0.2) is 9.78 Å². The summed E-state index contributed by atoms with van der Waals surface area (Å²) in [5, 5.41) is 1.23. The first-order valence-corrected chi connectivity index (χ1v) is 10.9. The summed E-state index contributed by atoms with van der Waals surface area (Å²) >= 11 is 0. The summed E-state index contributed by atoms with van der Waals surface area (Å²) < 4.78 is 15.9. The van der Waals surface area contributed by atoms with Crippen LogP contribution in [0.25, 0.3) is 22.4 Å². The third-order valence-corrected chi connectivity index (χ3v) is 6.22. The van der Waals surface area contributed by atoms with Crippen LogP contribution in [0.1, 0.15) is 41.4 Å². The van der Waals surface area contributed by atoms with Gasteiger partial charge in [0.1, 0.15) is 0 Å². The molecule has 0 unspecified atom stereocenters. The summed E-state index contributed by atoms with van der Waals surface area (Å²) in [5.74, 6) is -2.68. The zero-order valence-corrected chi connectivity index (χ0v) is 19.3. The van der Waals surface area contributed by atoms with E-state index in [0.29, 0.717) is 21.5 Å². The molecule has 11 heteroatoms. The largest absolute Gasteiger partial charge is 0.493 e. The Morgan fingerprint density at radius 2 is 1.22 bits per heavy atom. The maximum absolute atomic E-state index is 13.3. The summed E-state index contributed by atoms with van der Waals surface area (Å²) in [5.41, 5.74) is -0.0949. The predicted molar refractivity (Wildman–Crippen MR) is 126 cm³/mol. The van der Waals surface area contributed by atoms with Crippen molar-refractivity contribution in [2.45, 2.75) is 0 Å². The molecule has 37 heavy (non-hydrogen) atoms. The van der Waals surface area contributed by atoms with Crippen molar-refractivity contribution < 1.29 is 33.1 Å². The zero-order valence-electron chi connectivity index (χ0n) is 19.3. The standard InChI is InChI=1S/C26H15N3O8/c1-35-19-10-17-18(11-20(19)36-2)27-21(37-26(17)34)12-7-8-15-16(9-12)25(33)29(24(15)32)28-22(30)13-5-3-4-6-14(13)23(28)31/h3-11H,1-2H3. The molecule has 6 rings (SSSR count). The van der Waals surface area contributed by atoms with E-state index in [-0.39, 0.29) is 44.6 Å². The van der Waals surface area contributed by atoms with E-state index in [4.69, 9.17) is 13.9 Å². The van der Waals surface area contributed by atoms with Gasteiger partial charge in [0.25, 0.3) is 23.6 Å². The molecule has 0 saturated carbocycles. The average Bonchev–Trinajstić information content (AvgIpc) is 3.31. The van der Waals surface area contributed by atoms with Gasteiger partial charge < -0.3 is 13.9 Å². The Morgan fingerprint density at radius 3 is 1.81 bits per heavy atom. The lowest BCUT2D eigenvalue weighted by Gasteiger charge is -2.23. The summed E-state index contributed by atoms with van der Waals surface area (Å²) in [6, 6.07) is 13.1. The molecule has 0 saturated heterocycles. The van der Waals surface area contributed by atoms with E-state index in [1.165, 1.54) is 56.7 Å². The highest BCUT2D eigenvalue weighted by atomic mass is 16.5. The highest BCUT2D eigenvalue weighted by Gasteiger charge is 2.48. The molecular weight excluding hydrogens is 482 g/mol. The number of fused-ring (bicyclic) bond motifs is 3. The van der Waals surface area contributed by atoms with Crippen LogP contribution in [0, 0.1) is 0 Å². The molecule has 4 amide bonds. The highest BCUT2D eigenvalue weighted by Crippen LogP contribution is 2.34. The minimum absolute atomic E-state index is 0.0140. The predicted octanol–water partition coefficient (Wildman–Crippen LogP) is 2.68. The van der Waals surface area contributed by atoms with Crippen LogP contribution < -0.4 is 15.1 Å². The Labute approximate surface area is 207 Å². The monoisotopic (exact) mass is 497 g/mol. The molecule has 0 bridgehead atoms. The van der Waals surface area contributed by atoms with E-state index >= 15 is 0 Å². The normalized spacial score (nSPS) is 14.4. The van der Waals surface area contributed by atoms with Gasteiger partial charge in [-0.1, -0.05) is 12.1 Å². The number of amides is 4. The third-order valence-electron chi connectivity index (χ3n) is 6.22. The third kappa shape index (κ3) is 3.07. The molecule has 0 atom stereocenters. The fourth-order valence-electron chi connectivity index (χ4n) is 4.42. The van der Waals surface area contributed by atoms with Crippen LogP contribution in [0.15, 0.2) is 63.8 Å². The lowest BCUT2D eigenvalue weighted by atomic mass is 10.1. The van der Waals surface area contributed by atoms with Crippen molar-refractivity contribution >= 4 is 34.5 Å². The van der Waals surface area contributed by atoms with Crippen molar-refractivity contribution in [2.24, 2.45) is 0 Å². The first kappa shape index (κ1) is 22.2. The fourth-order valence-corrected chi connectivity index (χ4v) is 4.42. The topological polar surface area (TPSA) is 136 Å². The number of hydrogen-bond donors (Lipinski definition) is 0. The number of ether oxygens (including phenoxy) is 2. The van der Waals surface area contributed by atoms with Gasteiger partial charge in [0.2, 0.25) is 5.89 Å². The van der Waals surface area contributed by atoms with E-state index in [9.17, 15) is 24.0 Å². The molecule has 0 N–H and O–H groups in total. The Bertz CT molecular complexity index is 1740. The lowest BCUT2D eigenvalue weighted by Crippen LogP contribution is -2.49. The Hall–Kier alpha value is -5.32. The molecule has 182 valence electrons. The number of rotatable bonds is 4. The van der Waals surface area contributed by atoms with Crippen LogP contribution in [0.3, 0.4) is 0 Å². The smallest absolute Gasteiger partial charge is 0.347 e. The zero-order chi connectivity index (χ0) is 26.0.